The van der Waals surface area contributed by atoms with E-state index in [9.17, 15) is 0 Å². The van der Waals surface area contributed by atoms with Gasteiger partial charge in [-0.25, -0.2) is 9.97 Å². The third kappa shape index (κ3) is 14.6. The van der Waals surface area contributed by atoms with Crippen molar-refractivity contribution < 1.29 is 0 Å². The van der Waals surface area contributed by atoms with Gasteiger partial charge in [-0.1, -0.05) is 328 Å². The lowest BCUT2D eigenvalue weighted by molar-refractivity contribution is 1.03. The molecule has 0 saturated carbocycles. The number of aromatic amines is 1. The van der Waals surface area contributed by atoms with E-state index in [0.29, 0.717) is 0 Å². The number of hydrogen-bond acceptors (Lipinski definition) is 2. The third-order valence-electron chi connectivity index (χ3n) is 24.7. The van der Waals surface area contributed by atoms with Gasteiger partial charge in [0.15, 0.2) is 0 Å². The number of aromatic nitrogens is 4. The Kier molecular flexibility index (Phi) is 19.7. The van der Waals surface area contributed by atoms with Crippen molar-refractivity contribution in [1.82, 2.24) is 19.5 Å². The van der Waals surface area contributed by atoms with Crippen LogP contribution in [0.4, 0.5) is 0 Å². The lowest BCUT2D eigenvalue weighted by atomic mass is 9.84. The summed E-state index contributed by atoms with van der Waals surface area (Å²) in [5.74, 6) is 0.0310. The van der Waals surface area contributed by atoms with Gasteiger partial charge in [-0.15, -0.1) is 0 Å². The first-order chi connectivity index (χ1) is 60.2. The molecule has 0 amide bonds. The summed E-state index contributed by atoms with van der Waals surface area (Å²) in [5.41, 5.74) is 43.0. The van der Waals surface area contributed by atoms with Crippen molar-refractivity contribution in [3.8, 4) is 106 Å². The molecule has 123 heavy (non-hydrogen) atoms. The molecule has 4 heterocycles. The quantitative estimate of drug-likeness (QED) is 0.139. The Morgan fingerprint density at radius 3 is 0.984 bits per heavy atom. The van der Waals surface area contributed by atoms with Crippen LogP contribution in [0.5, 0.6) is 0 Å². The van der Waals surface area contributed by atoms with Gasteiger partial charge in [0, 0.05) is 69.0 Å². The highest BCUT2D eigenvalue weighted by Crippen LogP contribution is 2.52. The molecule has 0 unspecified atom stereocenters. The van der Waals surface area contributed by atoms with Crippen LogP contribution in [0.15, 0.2) is 397 Å². The molecule has 0 atom stereocenters. The predicted molar refractivity (Wildman–Crippen MR) is 529 cm³/mol. The van der Waals surface area contributed by atoms with E-state index in [0.717, 1.165) is 80.7 Å². The molecule has 22 aromatic rings. The Balaban J connectivity index is 0.000000141. The van der Waals surface area contributed by atoms with E-state index in [4.69, 9.17) is 9.97 Å². The monoisotopic (exact) mass is 1700 g/mol. The zero-order chi connectivity index (χ0) is 83.1. The SMILES string of the molecule is Brc1cc(-c2ccc(-c3ccccc3)cc2)cc2nc3c(Br)cc(-c4ccc(-c5ccccc5)cc4)cc3cc12.Cc1ccc2[nH]c3ccc(C)cc3c2c1.Cc1ccc2c(c1)-c1cc(C)ccc1C2c1cc(-c2ccc(-c3ccccc3)cc2)cc2nc3c(-n4c5ccc(C)cc5c5cc(C)ccc54)cc(-c4ccc(-c5ccccc5)cc4)cc3cc12. The molecule has 0 radical (unpaired) electrons. The van der Waals surface area contributed by atoms with Crippen LogP contribution in [-0.2, 0) is 0 Å². The van der Waals surface area contributed by atoms with Crippen molar-refractivity contribution in [3.63, 3.8) is 0 Å². The highest BCUT2D eigenvalue weighted by Gasteiger charge is 2.33. The molecular formula is C117H84Br2N4. The lowest BCUT2D eigenvalue weighted by Crippen LogP contribution is -2.03. The molecule has 1 aliphatic carbocycles. The number of hydrogen-bond donors (Lipinski definition) is 1. The molecule has 18 aromatic carbocycles. The van der Waals surface area contributed by atoms with Crippen LogP contribution >= 0.6 is 31.9 Å². The number of pyridine rings is 2. The van der Waals surface area contributed by atoms with E-state index in [1.54, 1.807) is 0 Å². The van der Waals surface area contributed by atoms with E-state index < -0.39 is 0 Å². The van der Waals surface area contributed by atoms with E-state index in [-0.39, 0.29) is 5.92 Å². The average molecular weight is 1710 g/mol. The summed E-state index contributed by atoms with van der Waals surface area (Å²) in [6.45, 7) is 13.1. The van der Waals surface area contributed by atoms with Crippen LogP contribution in [0.2, 0.25) is 0 Å². The van der Waals surface area contributed by atoms with E-state index in [1.807, 2.05) is 12.1 Å². The number of nitrogens with one attached hydrogen (secondary N) is 1. The summed E-state index contributed by atoms with van der Waals surface area (Å²) in [4.78, 5) is 14.4. The molecule has 586 valence electrons. The molecule has 4 aromatic heterocycles. The van der Waals surface area contributed by atoms with Gasteiger partial charge < -0.3 is 9.55 Å². The number of rotatable bonds is 10. The second-order valence-corrected chi connectivity index (χ2v) is 34.9. The first kappa shape index (κ1) is 76.3. The number of fused-ring (bicyclic) bond motifs is 13. The maximum Gasteiger partial charge on any atom is 0.0950 e. The van der Waals surface area contributed by atoms with Gasteiger partial charge in [0.2, 0.25) is 0 Å². The molecule has 0 fully saturated rings. The molecule has 0 aliphatic heterocycles. The second kappa shape index (κ2) is 31.8. The molecule has 0 spiro atoms. The smallest absolute Gasteiger partial charge is 0.0950 e. The maximum absolute atomic E-state index is 5.87. The fraction of sp³-hybridized carbons (Fsp3) is 0.0598. The normalized spacial score (nSPS) is 11.9. The Bertz CT molecular complexity index is 7570. The molecule has 1 N–H and O–H groups in total. The van der Waals surface area contributed by atoms with Crippen LogP contribution < -0.4 is 0 Å². The minimum absolute atomic E-state index is 0.0310. The van der Waals surface area contributed by atoms with Gasteiger partial charge in [0.05, 0.1) is 38.8 Å². The Morgan fingerprint density at radius 2 is 0.553 bits per heavy atom. The van der Waals surface area contributed by atoms with Crippen molar-refractivity contribution in [3.05, 3.63) is 447 Å². The van der Waals surface area contributed by atoms with Crippen molar-refractivity contribution in [2.75, 3.05) is 0 Å². The van der Waals surface area contributed by atoms with E-state index >= 15 is 0 Å². The van der Waals surface area contributed by atoms with Gasteiger partial charge in [0.25, 0.3) is 0 Å². The molecule has 23 rings (SSSR count). The van der Waals surface area contributed by atoms with E-state index in [1.165, 1.54) is 171 Å². The number of benzene rings is 18. The van der Waals surface area contributed by atoms with Crippen LogP contribution in [-0.4, -0.2) is 19.5 Å². The molecule has 6 heteroatoms. The highest BCUT2D eigenvalue weighted by atomic mass is 79.9. The minimum atomic E-state index is 0.0310. The molecular weight excluding hydrogens is 1620 g/mol. The van der Waals surface area contributed by atoms with Crippen LogP contribution in [0.25, 0.3) is 193 Å². The summed E-state index contributed by atoms with van der Waals surface area (Å²) in [7, 11) is 0. The van der Waals surface area contributed by atoms with Gasteiger partial charge in [-0.3, -0.25) is 0 Å². The van der Waals surface area contributed by atoms with Crippen LogP contribution in [0.1, 0.15) is 56.0 Å². The Morgan fingerprint density at radius 1 is 0.236 bits per heavy atom. The molecule has 0 bridgehead atoms. The second-order valence-electron chi connectivity index (χ2n) is 33.2. The zero-order valence-corrected chi connectivity index (χ0v) is 72.3. The molecule has 4 nitrogen and oxygen atoms in total. The van der Waals surface area contributed by atoms with Crippen LogP contribution in [0, 0.1) is 41.5 Å². The summed E-state index contributed by atoms with van der Waals surface area (Å²) in [5, 5.41) is 9.64. The van der Waals surface area contributed by atoms with Gasteiger partial charge in [0.1, 0.15) is 0 Å². The third-order valence-corrected chi connectivity index (χ3v) is 26.0. The van der Waals surface area contributed by atoms with E-state index in [2.05, 4.69) is 459 Å². The molecule has 1 aliphatic rings. The van der Waals surface area contributed by atoms with Crippen molar-refractivity contribution >= 4 is 119 Å². The van der Waals surface area contributed by atoms with Crippen molar-refractivity contribution in [2.45, 2.75) is 47.5 Å². The zero-order valence-electron chi connectivity index (χ0n) is 69.1. The van der Waals surface area contributed by atoms with Crippen molar-refractivity contribution in [2.24, 2.45) is 0 Å². The summed E-state index contributed by atoms with van der Waals surface area (Å²) in [6.07, 6.45) is 0. The van der Waals surface area contributed by atoms with Crippen LogP contribution in [0.3, 0.4) is 0 Å². The van der Waals surface area contributed by atoms with Gasteiger partial charge in [-0.05, 0) is 283 Å². The fourth-order valence-electron chi connectivity index (χ4n) is 18.5. The minimum Gasteiger partial charge on any atom is -0.355 e. The van der Waals surface area contributed by atoms with Gasteiger partial charge in [-0.2, -0.15) is 0 Å². The first-order valence-corrected chi connectivity index (χ1v) is 43.8. The highest BCUT2D eigenvalue weighted by molar-refractivity contribution is 9.11. The van der Waals surface area contributed by atoms with Crippen molar-refractivity contribution in [1.29, 1.82) is 0 Å². The topological polar surface area (TPSA) is 46.5 Å². The summed E-state index contributed by atoms with van der Waals surface area (Å²) in [6, 6.07) is 142. The predicted octanol–water partition coefficient (Wildman–Crippen LogP) is 33.1. The lowest BCUT2D eigenvalue weighted by Gasteiger charge is -2.21. The number of nitrogens with zero attached hydrogens (tertiary/aromatic N) is 3. The Hall–Kier alpha value is -14.1. The number of H-pyrrole nitrogens is 1. The molecule has 0 saturated heterocycles. The average Bonchev–Trinajstić information content (AvgIpc) is 1.61. The summed E-state index contributed by atoms with van der Waals surface area (Å²) < 4.78 is 4.49. The maximum atomic E-state index is 5.87. The summed E-state index contributed by atoms with van der Waals surface area (Å²) >= 11 is 7.66. The van der Waals surface area contributed by atoms with Gasteiger partial charge >= 0.3 is 0 Å². The first-order valence-electron chi connectivity index (χ1n) is 42.2. The fourth-order valence-corrected chi connectivity index (χ4v) is 19.6. The number of halogens is 2. The standard InChI is InChI=1S/C66H48N2.C37H23Br2N.C14H13N/c1-40-15-27-53-55(31-40)56-32-41(2)16-28-54(56)65(53)60-36-51(49-25-21-47(22-26-49)45-13-9-6-10-14-45)38-61-57(60)37-52-35-50(48-23-19-46(20-24-48)44-11-7-5-8-12-44)39-64(66(52)67-61)68-62-29-17-42(3)33-58(62)59-34-43(4)18-30-63(59)68;38-34-21-31(29-17-13-27(14-18-29)25-9-5-2-6-10-25)23-36-33(34)20-32-19-30(22-35(39)37(32)40-36)28-15-11-26(12-16-28)24-7-3-1-4-8-24;1-9-3-5-13-11(7-9)12-8-10(2)4-6-14(12)15-13/h5-39,65H,1-4H3;1-23H;3-8,15H,1-2H3. The largest absolute Gasteiger partial charge is 0.355 e. The number of aryl methyl sites for hydroxylation is 6. The Labute approximate surface area is 733 Å².